The minimum atomic E-state index is -0.598. The second-order valence-corrected chi connectivity index (χ2v) is 5.31. The molecule has 3 rings (SSSR count). The van der Waals surface area contributed by atoms with Gasteiger partial charge in [0.15, 0.2) is 0 Å². The van der Waals surface area contributed by atoms with Gasteiger partial charge in [0, 0.05) is 29.8 Å². The third kappa shape index (κ3) is 2.92. The highest BCUT2D eigenvalue weighted by molar-refractivity contribution is 5.96. The van der Waals surface area contributed by atoms with E-state index in [4.69, 9.17) is 5.26 Å². The van der Waals surface area contributed by atoms with E-state index >= 15 is 0 Å². The Morgan fingerprint density at radius 3 is 2.87 bits per heavy atom. The first-order chi connectivity index (χ1) is 11.1. The molecule has 0 unspecified atom stereocenters. The van der Waals surface area contributed by atoms with Crippen LogP contribution in [0.15, 0.2) is 48.7 Å². The first-order valence-corrected chi connectivity index (χ1v) is 7.11. The van der Waals surface area contributed by atoms with Crippen LogP contribution in [0.2, 0.25) is 0 Å². The van der Waals surface area contributed by atoms with Crippen LogP contribution in [0.5, 0.6) is 0 Å². The molecule has 1 N–H and O–H groups in total. The lowest BCUT2D eigenvalue weighted by Crippen LogP contribution is -2.14. The molecule has 0 aliphatic heterocycles. The van der Waals surface area contributed by atoms with Crippen molar-refractivity contribution in [3.8, 4) is 6.07 Å². The summed E-state index contributed by atoms with van der Waals surface area (Å²) in [6.45, 7) is 0. The molecule has 4 nitrogen and oxygen atoms in total. The summed E-state index contributed by atoms with van der Waals surface area (Å²) in [6.07, 6.45) is 2.14. The first kappa shape index (κ1) is 14.8. The molecule has 1 amide bonds. The number of aromatic nitrogens is 1. The zero-order valence-electron chi connectivity index (χ0n) is 12.5. The van der Waals surface area contributed by atoms with Crippen LogP contribution in [-0.4, -0.2) is 10.5 Å². The molecular formula is C18H14FN3O. The van der Waals surface area contributed by atoms with Crippen molar-refractivity contribution < 1.29 is 9.18 Å². The van der Waals surface area contributed by atoms with E-state index in [9.17, 15) is 9.18 Å². The quantitative estimate of drug-likeness (QED) is 0.806. The molecule has 5 heteroatoms. The number of benzene rings is 2. The molecule has 3 aromatic rings. The van der Waals surface area contributed by atoms with Gasteiger partial charge >= 0.3 is 0 Å². The van der Waals surface area contributed by atoms with Crippen LogP contribution in [-0.2, 0) is 18.3 Å². The van der Waals surface area contributed by atoms with Gasteiger partial charge in [-0.1, -0.05) is 18.2 Å². The van der Waals surface area contributed by atoms with Crippen LogP contribution >= 0.6 is 0 Å². The van der Waals surface area contributed by atoms with E-state index in [1.807, 2.05) is 42.1 Å². The Labute approximate surface area is 132 Å². The number of amides is 1. The highest BCUT2D eigenvalue weighted by Gasteiger charge is 2.11. The molecule has 1 aromatic heterocycles. The summed E-state index contributed by atoms with van der Waals surface area (Å²) < 4.78 is 15.3. The molecule has 0 aliphatic carbocycles. The number of halogens is 1. The SMILES string of the molecule is Cn1cc(CC(=O)Nc2ccc(F)c(C#N)c2)c2ccccc21. The zero-order valence-corrected chi connectivity index (χ0v) is 12.5. The summed E-state index contributed by atoms with van der Waals surface area (Å²) in [6, 6.07) is 13.6. The van der Waals surface area contributed by atoms with E-state index < -0.39 is 5.82 Å². The molecule has 0 bridgehead atoms. The molecule has 1 heterocycles. The largest absolute Gasteiger partial charge is 0.350 e. The van der Waals surface area contributed by atoms with E-state index in [-0.39, 0.29) is 17.9 Å². The lowest BCUT2D eigenvalue weighted by molar-refractivity contribution is -0.115. The van der Waals surface area contributed by atoms with Gasteiger partial charge in [0.2, 0.25) is 5.91 Å². The summed E-state index contributed by atoms with van der Waals surface area (Å²) in [7, 11) is 1.93. The molecular weight excluding hydrogens is 293 g/mol. The maximum atomic E-state index is 13.3. The Hall–Kier alpha value is -3.13. The van der Waals surface area contributed by atoms with Gasteiger partial charge in [0.25, 0.3) is 0 Å². The number of fused-ring (bicyclic) bond motifs is 1. The van der Waals surface area contributed by atoms with Crippen molar-refractivity contribution in [1.29, 1.82) is 5.26 Å². The van der Waals surface area contributed by atoms with E-state index in [0.29, 0.717) is 5.69 Å². The maximum absolute atomic E-state index is 13.3. The van der Waals surface area contributed by atoms with Crippen molar-refractivity contribution in [3.05, 3.63) is 65.6 Å². The monoisotopic (exact) mass is 307 g/mol. The Balaban J connectivity index is 1.80. The highest BCUT2D eigenvalue weighted by Crippen LogP contribution is 2.21. The topological polar surface area (TPSA) is 57.8 Å². The van der Waals surface area contributed by atoms with Crippen LogP contribution in [0.1, 0.15) is 11.1 Å². The highest BCUT2D eigenvalue weighted by atomic mass is 19.1. The summed E-state index contributed by atoms with van der Waals surface area (Å²) in [5.74, 6) is -0.809. The fourth-order valence-corrected chi connectivity index (χ4v) is 2.63. The molecule has 0 aliphatic rings. The smallest absolute Gasteiger partial charge is 0.228 e. The van der Waals surface area contributed by atoms with Crippen LogP contribution in [0.25, 0.3) is 10.9 Å². The Kier molecular flexibility index (Phi) is 3.82. The van der Waals surface area contributed by atoms with E-state index in [0.717, 1.165) is 16.5 Å². The van der Waals surface area contributed by atoms with E-state index in [1.54, 1.807) is 6.07 Å². The third-order valence-electron chi connectivity index (χ3n) is 3.70. The van der Waals surface area contributed by atoms with Crippen LogP contribution in [0.3, 0.4) is 0 Å². The summed E-state index contributed by atoms with van der Waals surface area (Å²) in [5, 5.41) is 12.6. The molecule has 0 spiro atoms. The number of carbonyl (C=O) groups excluding carboxylic acids is 1. The Morgan fingerprint density at radius 2 is 2.09 bits per heavy atom. The fraction of sp³-hybridized carbons (Fsp3) is 0.111. The number of carbonyl (C=O) groups is 1. The van der Waals surface area contributed by atoms with Crippen LogP contribution < -0.4 is 5.32 Å². The second-order valence-electron chi connectivity index (χ2n) is 5.31. The first-order valence-electron chi connectivity index (χ1n) is 7.11. The Morgan fingerprint density at radius 1 is 1.30 bits per heavy atom. The van der Waals surface area contributed by atoms with Gasteiger partial charge in [0.05, 0.1) is 12.0 Å². The van der Waals surface area contributed by atoms with Gasteiger partial charge in [-0.3, -0.25) is 4.79 Å². The van der Waals surface area contributed by atoms with Crippen molar-refractivity contribution in [1.82, 2.24) is 4.57 Å². The number of aryl methyl sites for hydroxylation is 1. The molecule has 0 saturated carbocycles. The number of anilines is 1. The van der Waals surface area contributed by atoms with Crippen molar-refractivity contribution in [3.63, 3.8) is 0 Å². The molecule has 2 aromatic carbocycles. The van der Waals surface area contributed by atoms with Crippen molar-refractivity contribution in [2.75, 3.05) is 5.32 Å². The third-order valence-corrected chi connectivity index (χ3v) is 3.70. The summed E-state index contributed by atoms with van der Waals surface area (Å²) in [5.41, 5.74) is 2.30. The zero-order chi connectivity index (χ0) is 16.4. The maximum Gasteiger partial charge on any atom is 0.228 e. The number of hydrogen-bond acceptors (Lipinski definition) is 2. The standard InChI is InChI=1S/C18H14FN3O/c1-22-11-13(15-4-2-3-5-17(15)22)9-18(23)21-14-6-7-16(19)12(8-14)10-20/h2-8,11H,9H2,1H3,(H,21,23). The average molecular weight is 307 g/mol. The van der Waals surface area contributed by atoms with Gasteiger partial charge in [-0.25, -0.2) is 4.39 Å². The van der Waals surface area contributed by atoms with Gasteiger partial charge in [-0.15, -0.1) is 0 Å². The van der Waals surface area contributed by atoms with Crippen molar-refractivity contribution in [2.24, 2.45) is 7.05 Å². The van der Waals surface area contributed by atoms with E-state index in [1.165, 1.54) is 18.2 Å². The molecule has 0 saturated heterocycles. The lowest BCUT2D eigenvalue weighted by Gasteiger charge is -2.05. The molecule has 0 fully saturated rings. The minimum absolute atomic E-state index is 0.0899. The Bertz CT molecular complexity index is 937. The fourth-order valence-electron chi connectivity index (χ4n) is 2.63. The van der Waals surface area contributed by atoms with E-state index in [2.05, 4.69) is 5.32 Å². The minimum Gasteiger partial charge on any atom is -0.350 e. The number of rotatable bonds is 3. The molecule has 0 radical (unpaired) electrons. The number of nitriles is 1. The number of para-hydroxylation sites is 1. The van der Waals surface area contributed by atoms with Gasteiger partial charge in [0.1, 0.15) is 11.9 Å². The number of nitrogens with one attached hydrogen (secondary N) is 1. The second kappa shape index (κ2) is 5.93. The van der Waals surface area contributed by atoms with Gasteiger partial charge in [-0.05, 0) is 29.8 Å². The average Bonchev–Trinajstić information content (AvgIpc) is 2.86. The molecule has 0 atom stereocenters. The predicted molar refractivity (Wildman–Crippen MR) is 86.4 cm³/mol. The molecule has 23 heavy (non-hydrogen) atoms. The number of hydrogen-bond donors (Lipinski definition) is 1. The van der Waals surface area contributed by atoms with Gasteiger partial charge in [-0.2, -0.15) is 5.26 Å². The summed E-state index contributed by atoms with van der Waals surface area (Å²) in [4.78, 5) is 12.2. The van der Waals surface area contributed by atoms with Crippen LogP contribution in [0.4, 0.5) is 10.1 Å². The summed E-state index contributed by atoms with van der Waals surface area (Å²) >= 11 is 0. The van der Waals surface area contributed by atoms with Crippen molar-refractivity contribution >= 4 is 22.5 Å². The lowest BCUT2D eigenvalue weighted by atomic mass is 10.1. The van der Waals surface area contributed by atoms with Crippen molar-refractivity contribution in [2.45, 2.75) is 6.42 Å². The van der Waals surface area contributed by atoms with Crippen LogP contribution in [0, 0.1) is 17.1 Å². The normalized spacial score (nSPS) is 10.5. The predicted octanol–water partition coefficient (Wildman–Crippen LogP) is 3.37. The van der Waals surface area contributed by atoms with Gasteiger partial charge < -0.3 is 9.88 Å². The number of nitrogens with zero attached hydrogens (tertiary/aromatic N) is 2. The molecule has 114 valence electrons.